The highest BCUT2D eigenvalue weighted by Gasteiger charge is 2.23. The average molecular weight is 226 g/mol. The number of nitrogens with zero attached hydrogens (tertiary/aromatic N) is 2. The van der Waals surface area contributed by atoms with Crippen LogP contribution >= 0.6 is 0 Å². The van der Waals surface area contributed by atoms with Crippen LogP contribution in [0.3, 0.4) is 0 Å². The predicted molar refractivity (Wildman–Crippen MR) is 60.9 cm³/mol. The van der Waals surface area contributed by atoms with Crippen molar-refractivity contribution in [3.8, 4) is 0 Å². The number of rotatable bonds is 4. The molecule has 0 spiro atoms. The summed E-state index contributed by atoms with van der Waals surface area (Å²) in [5, 5.41) is 15.6. The summed E-state index contributed by atoms with van der Waals surface area (Å²) < 4.78 is 1.49. The van der Waals surface area contributed by atoms with E-state index in [4.69, 9.17) is 10.8 Å². The van der Waals surface area contributed by atoms with Gasteiger partial charge in [-0.1, -0.05) is 0 Å². The van der Waals surface area contributed by atoms with Crippen LogP contribution in [0.2, 0.25) is 0 Å². The third-order valence-corrected chi connectivity index (χ3v) is 2.26. The molecule has 1 aromatic rings. The predicted octanol–water partition coefficient (Wildman–Crippen LogP) is -0.107. The first-order valence-electron chi connectivity index (χ1n) is 5.08. The lowest BCUT2D eigenvalue weighted by Gasteiger charge is -2.24. The van der Waals surface area contributed by atoms with Crippen molar-refractivity contribution in [3.05, 3.63) is 11.9 Å². The Kier molecular flexibility index (Phi) is 3.54. The summed E-state index contributed by atoms with van der Waals surface area (Å²) in [6, 6.07) is 0. The van der Waals surface area contributed by atoms with Gasteiger partial charge in [-0.2, -0.15) is 5.10 Å². The van der Waals surface area contributed by atoms with Crippen LogP contribution < -0.4 is 11.1 Å². The van der Waals surface area contributed by atoms with Gasteiger partial charge in [-0.05, 0) is 20.3 Å². The number of aryl methyl sites for hydroxylation is 1. The number of aliphatic hydroxyl groups excluding tert-OH is 1. The van der Waals surface area contributed by atoms with Crippen LogP contribution in [-0.4, -0.2) is 32.9 Å². The minimum Gasteiger partial charge on any atom is -0.396 e. The summed E-state index contributed by atoms with van der Waals surface area (Å²) in [6.45, 7) is 3.69. The molecule has 90 valence electrons. The molecule has 6 nitrogen and oxygen atoms in total. The van der Waals surface area contributed by atoms with Gasteiger partial charge in [-0.25, -0.2) is 0 Å². The summed E-state index contributed by atoms with van der Waals surface area (Å²) in [6.07, 6.45) is 2.05. The number of nitrogen functional groups attached to an aromatic ring is 1. The zero-order valence-electron chi connectivity index (χ0n) is 9.82. The van der Waals surface area contributed by atoms with Crippen molar-refractivity contribution >= 4 is 11.6 Å². The lowest BCUT2D eigenvalue weighted by Crippen LogP contribution is -2.44. The molecule has 0 aliphatic heterocycles. The number of nitrogens with two attached hydrogens (primary N) is 1. The fourth-order valence-corrected chi connectivity index (χ4v) is 1.39. The lowest BCUT2D eigenvalue weighted by atomic mass is 10.0. The van der Waals surface area contributed by atoms with E-state index < -0.39 is 5.54 Å². The Morgan fingerprint density at radius 2 is 2.31 bits per heavy atom. The van der Waals surface area contributed by atoms with Crippen molar-refractivity contribution in [2.45, 2.75) is 25.8 Å². The molecule has 0 fully saturated rings. The summed E-state index contributed by atoms with van der Waals surface area (Å²) in [5.74, 6) is -0.323. The number of amides is 1. The Labute approximate surface area is 94.4 Å². The molecule has 0 aromatic carbocycles. The van der Waals surface area contributed by atoms with E-state index in [1.165, 1.54) is 4.68 Å². The second kappa shape index (κ2) is 4.52. The highest BCUT2D eigenvalue weighted by molar-refractivity contribution is 5.97. The maximum absolute atomic E-state index is 11.8. The number of anilines is 1. The number of aromatic nitrogens is 2. The topological polar surface area (TPSA) is 93.2 Å². The quantitative estimate of drug-likeness (QED) is 0.668. The van der Waals surface area contributed by atoms with Gasteiger partial charge in [0, 0.05) is 25.4 Å². The molecular formula is C10H18N4O2. The van der Waals surface area contributed by atoms with E-state index in [1.807, 2.05) is 13.8 Å². The standard InChI is InChI=1S/C10H18N4O2/c1-10(2,4-5-15)12-9(16)8-7(11)6-14(3)13-8/h6,15H,4-5,11H2,1-3H3,(H,12,16). The van der Waals surface area contributed by atoms with Gasteiger partial charge in [0.25, 0.3) is 5.91 Å². The summed E-state index contributed by atoms with van der Waals surface area (Å²) in [5.41, 5.74) is 5.73. The maximum Gasteiger partial charge on any atom is 0.274 e. The van der Waals surface area contributed by atoms with Crippen LogP contribution in [0.4, 0.5) is 5.69 Å². The van der Waals surface area contributed by atoms with E-state index in [9.17, 15) is 4.79 Å². The molecule has 0 unspecified atom stereocenters. The van der Waals surface area contributed by atoms with Crippen LogP contribution in [-0.2, 0) is 7.05 Å². The van der Waals surface area contributed by atoms with Crippen LogP contribution in [0.1, 0.15) is 30.8 Å². The largest absolute Gasteiger partial charge is 0.396 e. The first-order chi connectivity index (χ1) is 7.35. The molecule has 6 heteroatoms. The lowest BCUT2D eigenvalue weighted by molar-refractivity contribution is 0.0894. The third-order valence-electron chi connectivity index (χ3n) is 2.26. The van der Waals surface area contributed by atoms with Crippen LogP contribution in [0.25, 0.3) is 0 Å². The zero-order chi connectivity index (χ0) is 12.3. The molecule has 0 radical (unpaired) electrons. The summed E-state index contributed by atoms with van der Waals surface area (Å²) in [7, 11) is 1.70. The van der Waals surface area contributed by atoms with Gasteiger partial charge >= 0.3 is 0 Å². The monoisotopic (exact) mass is 226 g/mol. The van der Waals surface area contributed by atoms with Crippen molar-refractivity contribution in [1.29, 1.82) is 0 Å². The molecule has 0 atom stereocenters. The number of aliphatic hydroxyl groups is 1. The molecule has 0 bridgehead atoms. The number of carbonyl (C=O) groups is 1. The Morgan fingerprint density at radius 1 is 1.69 bits per heavy atom. The molecule has 1 amide bonds. The van der Waals surface area contributed by atoms with Gasteiger partial charge in [0.15, 0.2) is 5.69 Å². The van der Waals surface area contributed by atoms with Crippen molar-refractivity contribution in [2.75, 3.05) is 12.3 Å². The second-order valence-corrected chi connectivity index (χ2v) is 4.42. The first kappa shape index (κ1) is 12.5. The van der Waals surface area contributed by atoms with Gasteiger partial charge in [-0.15, -0.1) is 0 Å². The van der Waals surface area contributed by atoms with Crippen molar-refractivity contribution in [3.63, 3.8) is 0 Å². The van der Waals surface area contributed by atoms with E-state index in [0.717, 1.165) is 0 Å². The number of carbonyl (C=O) groups excluding carboxylic acids is 1. The van der Waals surface area contributed by atoms with Crippen LogP contribution in [0.15, 0.2) is 6.20 Å². The molecule has 0 saturated heterocycles. The fraction of sp³-hybridized carbons (Fsp3) is 0.600. The van der Waals surface area contributed by atoms with Gasteiger partial charge < -0.3 is 16.2 Å². The number of hydrogen-bond acceptors (Lipinski definition) is 4. The van der Waals surface area contributed by atoms with E-state index in [2.05, 4.69) is 10.4 Å². The smallest absolute Gasteiger partial charge is 0.274 e. The fourth-order valence-electron chi connectivity index (χ4n) is 1.39. The molecule has 4 N–H and O–H groups in total. The van der Waals surface area contributed by atoms with Crippen molar-refractivity contribution in [1.82, 2.24) is 15.1 Å². The molecule has 0 aliphatic carbocycles. The number of hydrogen-bond donors (Lipinski definition) is 3. The van der Waals surface area contributed by atoms with E-state index in [-0.39, 0.29) is 18.2 Å². The van der Waals surface area contributed by atoms with Crippen LogP contribution in [0, 0.1) is 0 Å². The van der Waals surface area contributed by atoms with Crippen molar-refractivity contribution < 1.29 is 9.90 Å². The molecule has 1 rings (SSSR count). The maximum atomic E-state index is 11.8. The van der Waals surface area contributed by atoms with Gasteiger partial charge in [0.2, 0.25) is 0 Å². The molecule has 1 heterocycles. The zero-order valence-corrected chi connectivity index (χ0v) is 9.82. The van der Waals surface area contributed by atoms with E-state index in [1.54, 1.807) is 13.2 Å². The highest BCUT2D eigenvalue weighted by Crippen LogP contribution is 2.12. The summed E-state index contributed by atoms with van der Waals surface area (Å²) in [4.78, 5) is 11.8. The van der Waals surface area contributed by atoms with Gasteiger partial charge in [0.1, 0.15) is 0 Å². The summed E-state index contributed by atoms with van der Waals surface area (Å²) >= 11 is 0. The SMILES string of the molecule is Cn1cc(N)c(C(=O)NC(C)(C)CCO)n1. The van der Waals surface area contributed by atoms with Crippen molar-refractivity contribution in [2.24, 2.45) is 7.05 Å². The third kappa shape index (κ3) is 2.96. The Morgan fingerprint density at radius 3 is 2.75 bits per heavy atom. The minimum atomic E-state index is -0.476. The Balaban J connectivity index is 2.76. The van der Waals surface area contributed by atoms with Gasteiger partial charge in [0.05, 0.1) is 5.69 Å². The van der Waals surface area contributed by atoms with Gasteiger partial charge in [-0.3, -0.25) is 9.48 Å². The molecule has 0 saturated carbocycles. The Bertz CT molecular complexity index is 384. The molecular weight excluding hydrogens is 208 g/mol. The first-order valence-corrected chi connectivity index (χ1v) is 5.08. The van der Waals surface area contributed by atoms with E-state index in [0.29, 0.717) is 12.1 Å². The molecule has 16 heavy (non-hydrogen) atoms. The molecule has 0 aliphatic rings. The van der Waals surface area contributed by atoms with Crippen LogP contribution in [0.5, 0.6) is 0 Å². The number of nitrogens with one attached hydrogen (secondary N) is 1. The average Bonchev–Trinajstić information content (AvgIpc) is 2.44. The van der Waals surface area contributed by atoms with E-state index >= 15 is 0 Å². The normalized spacial score (nSPS) is 11.5. The second-order valence-electron chi connectivity index (χ2n) is 4.42. The highest BCUT2D eigenvalue weighted by atomic mass is 16.3. The Hall–Kier alpha value is -1.56. The minimum absolute atomic E-state index is 0.0188. The molecule has 1 aromatic heterocycles.